The molecule has 0 aliphatic rings. The number of hydrogen-bond acceptors (Lipinski definition) is 3. The summed E-state index contributed by atoms with van der Waals surface area (Å²) in [6.07, 6.45) is 0.801. The molecular weight excluding hydrogens is 435 g/mol. The fraction of sp³-hybridized carbons (Fsp3) is 0.333. The number of carbonyl (C=O) groups is 2. The highest BCUT2D eigenvalue weighted by Crippen LogP contribution is 2.23. The molecule has 0 spiro atoms. The van der Waals surface area contributed by atoms with Gasteiger partial charge in [-0.05, 0) is 55.3 Å². The van der Waals surface area contributed by atoms with Crippen LogP contribution >= 0.6 is 34.8 Å². The third-order valence-corrected chi connectivity index (χ3v) is 5.09. The van der Waals surface area contributed by atoms with Gasteiger partial charge in [0.2, 0.25) is 5.91 Å². The van der Waals surface area contributed by atoms with Crippen molar-refractivity contribution in [1.82, 2.24) is 10.2 Å². The SMILES string of the molecule is CCCNC(=O)C(C)N(Cc1ccc(Cl)cc1Cl)C(=O)COc1ccc(Cl)cc1. The normalized spacial score (nSPS) is 11.6. The van der Waals surface area contributed by atoms with Crippen LogP contribution in [0.25, 0.3) is 0 Å². The van der Waals surface area contributed by atoms with Gasteiger partial charge in [-0.2, -0.15) is 0 Å². The molecule has 2 amide bonds. The summed E-state index contributed by atoms with van der Waals surface area (Å²) in [5.41, 5.74) is 0.686. The first kappa shape index (κ1) is 23.3. The van der Waals surface area contributed by atoms with Crippen molar-refractivity contribution in [3.63, 3.8) is 0 Å². The molecule has 2 rings (SSSR count). The van der Waals surface area contributed by atoms with E-state index in [1.165, 1.54) is 4.90 Å². The zero-order valence-corrected chi connectivity index (χ0v) is 18.5. The lowest BCUT2D eigenvalue weighted by Gasteiger charge is -2.29. The quantitative estimate of drug-likeness (QED) is 0.578. The summed E-state index contributed by atoms with van der Waals surface area (Å²) < 4.78 is 5.57. The minimum absolute atomic E-state index is 0.152. The summed E-state index contributed by atoms with van der Waals surface area (Å²) in [6.45, 7) is 4.10. The van der Waals surface area contributed by atoms with E-state index in [4.69, 9.17) is 39.5 Å². The van der Waals surface area contributed by atoms with Crippen molar-refractivity contribution in [2.75, 3.05) is 13.2 Å². The molecule has 29 heavy (non-hydrogen) atoms. The van der Waals surface area contributed by atoms with Crippen LogP contribution in [0.3, 0.4) is 0 Å². The summed E-state index contributed by atoms with van der Waals surface area (Å²) in [5, 5.41) is 4.31. The molecular formula is C21H23Cl3N2O3. The Morgan fingerprint density at radius 3 is 2.34 bits per heavy atom. The minimum Gasteiger partial charge on any atom is -0.484 e. The number of rotatable bonds is 9. The topological polar surface area (TPSA) is 58.6 Å². The number of halogens is 3. The zero-order valence-electron chi connectivity index (χ0n) is 16.3. The van der Waals surface area contributed by atoms with Gasteiger partial charge in [0.25, 0.3) is 5.91 Å². The summed E-state index contributed by atoms with van der Waals surface area (Å²) in [7, 11) is 0. The Bertz CT molecular complexity index is 844. The van der Waals surface area contributed by atoms with Gasteiger partial charge in [0.1, 0.15) is 11.8 Å². The summed E-state index contributed by atoms with van der Waals surface area (Å²) in [4.78, 5) is 26.8. The first-order chi connectivity index (χ1) is 13.8. The minimum atomic E-state index is -0.699. The van der Waals surface area contributed by atoms with Crippen LogP contribution < -0.4 is 10.1 Å². The number of benzene rings is 2. The monoisotopic (exact) mass is 456 g/mol. The first-order valence-corrected chi connectivity index (χ1v) is 10.3. The number of carbonyl (C=O) groups excluding carboxylic acids is 2. The van der Waals surface area contributed by atoms with E-state index in [-0.39, 0.29) is 25.0 Å². The molecule has 1 unspecified atom stereocenters. The Kier molecular flexibility index (Phi) is 9.08. The van der Waals surface area contributed by atoms with E-state index in [0.29, 0.717) is 32.9 Å². The predicted octanol–water partition coefficient (Wildman–Crippen LogP) is 4.97. The highest BCUT2D eigenvalue weighted by Gasteiger charge is 2.27. The molecule has 156 valence electrons. The first-order valence-electron chi connectivity index (χ1n) is 9.21. The largest absolute Gasteiger partial charge is 0.484 e. The highest BCUT2D eigenvalue weighted by atomic mass is 35.5. The van der Waals surface area contributed by atoms with Crippen LogP contribution in [0.15, 0.2) is 42.5 Å². The van der Waals surface area contributed by atoms with Crippen molar-refractivity contribution in [2.45, 2.75) is 32.9 Å². The molecule has 2 aromatic carbocycles. The van der Waals surface area contributed by atoms with Crippen LogP contribution in [0, 0.1) is 0 Å². The smallest absolute Gasteiger partial charge is 0.261 e. The molecule has 0 saturated heterocycles. The summed E-state index contributed by atoms with van der Waals surface area (Å²) in [6, 6.07) is 11.0. The molecule has 0 heterocycles. The van der Waals surface area contributed by atoms with Crippen LogP contribution in [0.2, 0.25) is 15.1 Å². The molecule has 1 atom stereocenters. The summed E-state index contributed by atoms with van der Waals surface area (Å²) >= 11 is 18.1. The van der Waals surface area contributed by atoms with E-state index < -0.39 is 6.04 Å². The third kappa shape index (κ3) is 7.11. The lowest BCUT2D eigenvalue weighted by molar-refractivity contribution is -0.142. The second-order valence-electron chi connectivity index (χ2n) is 6.47. The molecule has 2 aromatic rings. The maximum Gasteiger partial charge on any atom is 0.261 e. The average molecular weight is 458 g/mol. The number of ether oxygens (including phenoxy) is 1. The standard InChI is InChI=1S/C21H23Cl3N2O3/c1-3-10-25-21(28)14(2)26(12-15-4-5-17(23)11-19(15)24)20(27)13-29-18-8-6-16(22)7-9-18/h4-9,11,14H,3,10,12-13H2,1-2H3,(H,25,28). The van der Waals surface area contributed by atoms with Gasteiger partial charge in [0.05, 0.1) is 0 Å². The van der Waals surface area contributed by atoms with E-state index in [0.717, 1.165) is 6.42 Å². The van der Waals surface area contributed by atoms with Crippen molar-refractivity contribution in [3.05, 3.63) is 63.1 Å². The van der Waals surface area contributed by atoms with Gasteiger partial charge in [0, 0.05) is 28.2 Å². The zero-order chi connectivity index (χ0) is 21.4. The van der Waals surface area contributed by atoms with Crippen LogP contribution in [-0.2, 0) is 16.1 Å². The molecule has 0 fully saturated rings. The molecule has 0 saturated carbocycles. The fourth-order valence-corrected chi connectivity index (χ4v) is 3.17. The number of nitrogens with one attached hydrogen (secondary N) is 1. The molecule has 0 bridgehead atoms. The molecule has 1 N–H and O–H groups in total. The Hall–Kier alpha value is -1.95. The number of nitrogens with zero attached hydrogens (tertiary/aromatic N) is 1. The lowest BCUT2D eigenvalue weighted by atomic mass is 10.1. The Balaban J connectivity index is 2.16. The van der Waals surface area contributed by atoms with Crippen molar-refractivity contribution in [1.29, 1.82) is 0 Å². The van der Waals surface area contributed by atoms with Crippen LogP contribution in [-0.4, -0.2) is 35.9 Å². The lowest BCUT2D eigenvalue weighted by Crippen LogP contribution is -2.49. The van der Waals surface area contributed by atoms with Gasteiger partial charge in [-0.15, -0.1) is 0 Å². The summed E-state index contributed by atoms with van der Waals surface area (Å²) in [5.74, 6) is -0.0720. The molecule has 0 aromatic heterocycles. The van der Waals surface area contributed by atoms with E-state index in [9.17, 15) is 9.59 Å². The van der Waals surface area contributed by atoms with Gasteiger partial charge < -0.3 is 15.0 Å². The van der Waals surface area contributed by atoms with Crippen LogP contribution in [0.4, 0.5) is 0 Å². The van der Waals surface area contributed by atoms with Gasteiger partial charge in [0.15, 0.2) is 6.61 Å². The number of hydrogen-bond donors (Lipinski definition) is 1. The van der Waals surface area contributed by atoms with E-state index in [1.807, 2.05) is 6.92 Å². The van der Waals surface area contributed by atoms with Gasteiger partial charge in [-0.3, -0.25) is 9.59 Å². The van der Waals surface area contributed by atoms with Crippen LogP contribution in [0.1, 0.15) is 25.8 Å². The van der Waals surface area contributed by atoms with Crippen molar-refractivity contribution >= 4 is 46.6 Å². The second kappa shape index (κ2) is 11.3. The van der Waals surface area contributed by atoms with Crippen molar-refractivity contribution < 1.29 is 14.3 Å². The maximum absolute atomic E-state index is 12.9. The highest BCUT2D eigenvalue weighted by molar-refractivity contribution is 6.35. The van der Waals surface area contributed by atoms with E-state index >= 15 is 0 Å². The predicted molar refractivity (Wildman–Crippen MR) is 117 cm³/mol. The van der Waals surface area contributed by atoms with Crippen LogP contribution in [0.5, 0.6) is 5.75 Å². The fourth-order valence-electron chi connectivity index (χ4n) is 2.57. The molecule has 0 aliphatic heterocycles. The van der Waals surface area contributed by atoms with E-state index in [2.05, 4.69) is 5.32 Å². The molecule has 0 radical (unpaired) electrons. The average Bonchev–Trinajstić information content (AvgIpc) is 2.70. The molecule has 0 aliphatic carbocycles. The Labute approximate surface area is 185 Å². The second-order valence-corrected chi connectivity index (χ2v) is 7.75. The maximum atomic E-state index is 12.9. The van der Waals surface area contributed by atoms with Crippen molar-refractivity contribution in [3.8, 4) is 5.75 Å². The van der Waals surface area contributed by atoms with E-state index in [1.54, 1.807) is 49.4 Å². The number of amides is 2. The van der Waals surface area contributed by atoms with Gasteiger partial charge >= 0.3 is 0 Å². The Morgan fingerprint density at radius 1 is 1.07 bits per heavy atom. The van der Waals surface area contributed by atoms with Crippen molar-refractivity contribution in [2.24, 2.45) is 0 Å². The molecule has 5 nitrogen and oxygen atoms in total. The molecule has 8 heteroatoms. The van der Waals surface area contributed by atoms with Gasteiger partial charge in [-0.1, -0.05) is 47.8 Å². The Morgan fingerprint density at radius 2 is 1.72 bits per heavy atom. The van der Waals surface area contributed by atoms with Gasteiger partial charge in [-0.25, -0.2) is 0 Å². The third-order valence-electron chi connectivity index (χ3n) is 4.25.